The molecule has 2 rings (SSSR count). The highest BCUT2D eigenvalue weighted by atomic mass is 32.2. The first-order valence-corrected chi connectivity index (χ1v) is 7.57. The molecule has 0 bridgehead atoms. The van der Waals surface area contributed by atoms with Crippen LogP contribution in [0.3, 0.4) is 0 Å². The molecule has 2 aliphatic heterocycles. The van der Waals surface area contributed by atoms with Crippen LogP contribution in [-0.2, 0) is 4.74 Å². The summed E-state index contributed by atoms with van der Waals surface area (Å²) in [4.78, 5) is 2.44. The zero-order valence-electron chi connectivity index (χ0n) is 9.44. The number of hydrogen-bond acceptors (Lipinski definition) is 3. The van der Waals surface area contributed by atoms with Gasteiger partial charge in [-0.3, -0.25) is 4.31 Å². The molecule has 0 radical (unpaired) electrons. The Kier molecular flexibility index (Phi) is 3.37. The van der Waals surface area contributed by atoms with Crippen molar-refractivity contribution < 1.29 is 4.74 Å². The van der Waals surface area contributed by atoms with Crippen LogP contribution in [0, 0.1) is 5.92 Å². The number of fused-ring (bicyclic) bond motifs is 1. The molecular weight excluding hydrogens is 196 g/mol. The predicted octanol–water partition coefficient (Wildman–Crippen LogP) is 0.425. The van der Waals surface area contributed by atoms with Crippen molar-refractivity contribution in [3.8, 4) is 0 Å². The molecule has 0 aromatic carbocycles. The fourth-order valence-electron chi connectivity index (χ4n) is 2.62. The number of rotatable bonds is 1. The Hall–Kier alpha value is 0.230. The van der Waals surface area contributed by atoms with Crippen molar-refractivity contribution in [2.24, 2.45) is 5.92 Å². The van der Waals surface area contributed by atoms with Crippen LogP contribution in [0.25, 0.3) is 0 Å². The zero-order chi connectivity index (χ0) is 10.1. The van der Waals surface area contributed by atoms with Gasteiger partial charge in [0.25, 0.3) is 0 Å². The lowest BCUT2D eigenvalue weighted by atomic mass is 10.1. The van der Waals surface area contributed by atoms with Crippen LogP contribution in [0.1, 0.15) is 0 Å². The highest BCUT2D eigenvalue weighted by Gasteiger charge is 2.37. The monoisotopic (exact) mass is 218 g/mol. The topological polar surface area (TPSA) is 15.7 Å². The van der Waals surface area contributed by atoms with Gasteiger partial charge in [0.1, 0.15) is 0 Å². The first-order valence-electron chi connectivity index (χ1n) is 5.38. The van der Waals surface area contributed by atoms with E-state index in [0.29, 0.717) is 0 Å². The Labute approximate surface area is 89.9 Å². The molecule has 2 unspecified atom stereocenters. The quantitative estimate of drug-likeness (QED) is 0.643. The Bertz CT molecular complexity index is 201. The number of ether oxygens (including phenoxy) is 1. The first-order chi connectivity index (χ1) is 6.68. The van der Waals surface area contributed by atoms with Crippen molar-refractivity contribution in [3.63, 3.8) is 0 Å². The minimum Gasteiger partial charge on any atom is -0.380 e. The molecule has 2 heterocycles. The number of likely N-dealkylation sites (N-methyl/N-ethyl adjacent to an activating group) is 1. The second-order valence-electron chi connectivity index (χ2n) is 4.63. The van der Waals surface area contributed by atoms with E-state index in [9.17, 15) is 0 Å². The summed E-state index contributed by atoms with van der Waals surface area (Å²) in [6.07, 6.45) is 4.71. The molecule has 2 fully saturated rings. The van der Waals surface area contributed by atoms with Gasteiger partial charge in [-0.25, -0.2) is 11.1 Å². The van der Waals surface area contributed by atoms with Gasteiger partial charge < -0.3 is 9.64 Å². The summed E-state index contributed by atoms with van der Waals surface area (Å²) < 4.78 is 8.36. The molecule has 3 nitrogen and oxygen atoms in total. The lowest BCUT2D eigenvalue weighted by Gasteiger charge is -2.34. The number of likely N-dealkylation sites (tertiary alicyclic amines) is 1. The van der Waals surface area contributed by atoms with Gasteiger partial charge in [-0.2, -0.15) is 0 Å². The van der Waals surface area contributed by atoms with Gasteiger partial charge in [-0.05, 0) is 19.6 Å². The molecule has 0 spiro atoms. The fraction of sp³-hybridized carbons (Fsp3) is 1.00. The third-order valence-corrected chi connectivity index (χ3v) is 4.81. The molecule has 0 aromatic heterocycles. The second-order valence-corrected chi connectivity index (χ2v) is 6.84. The molecule has 4 heteroatoms. The molecule has 2 atom stereocenters. The maximum absolute atomic E-state index is 5.68. The van der Waals surface area contributed by atoms with Crippen molar-refractivity contribution in [1.82, 2.24) is 9.21 Å². The standard InChI is InChI=1S/C10H22N2OS/c1-11-6-9-8-13-5-4-12(14(2)3)10(9)7-11/h9-10,14H,4-8H2,1-3H3. The van der Waals surface area contributed by atoms with E-state index in [0.717, 1.165) is 31.7 Å². The average Bonchev–Trinajstić information content (AvgIpc) is 2.35. The van der Waals surface area contributed by atoms with Gasteiger partial charge >= 0.3 is 0 Å². The summed E-state index contributed by atoms with van der Waals surface area (Å²) in [6.45, 7) is 5.47. The number of nitrogens with zero attached hydrogens (tertiary/aromatic N) is 2. The van der Waals surface area contributed by atoms with E-state index in [4.69, 9.17) is 4.74 Å². The molecule has 84 valence electrons. The molecule has 2 aliphatic rings. The number of hydrogen-bond donors (Lipinski definition) is 1. The Morgan fingerprint density at radius 2 is 2.07 bits per heavy atom. The summed E-state index contributed by atoms with van der Waals surface area (Å²) >= 11 is 0.0402. The van der Waals surface area contributed by atoms with E-state index < -0.39 is 0 Å². The Morgan fingerprint density at radius 3 is 2.79 bits per heavy atom. The van der Waals surface area contributed by atoms with Crippen molar-refractivity contribution in [2.45, 2.75) is 6.04 Å². The van der Waals surface area contributed by atoms with E-state index in [1.807, 2.05) is 0 Å². The number of thiol groups is 1. The highest BCUT2D eigenvalue weighted by molar-refractivity contribution is 8.13. The van der Waals surface area contributed by atoms with Crippen LogP contribution in [-0.4, -0.2) is 67.7 Å². The summed E-state index contributed by atoms with van der Waals surface area (Å²) in [6, 6.07) is 0.753. The summed E-state index contributed by atoms with van der Waals surface area (Å²) in [5, 5.41) is 0. The molecule has 14 heavy (non-hydrogen) atoms. The third-order valence-electron chi connectivity index (χ3n) is 3.28. The van der Waals surface area contributed by atoms with Gasteiger partial charge in [-0.15, -0.1) is 0 Å². The van der Waals surface area contributed by atoms with Crippen molar-refractivity contribution in [3.05, 3.63) is 0 Å². The van der Waals surface area contributed by atoms with Crippen LogP contribution in [0.2, 0.25) is 0 Å². The van der Waals surface area contributed by atoms with E-state index in [1.54, 1.807) is 0 Å². The van der Waals surface area contributed by atoms with Crippen LogP contribution < -0.4 is 0 Å². The molecule has 2 saturated heterocycles. The van der Waals surface area contributed by atoms with Gasteiger partial charge in [0.05, 0.1) is 13.2 Å². The summed E-state index contributed by atoms with van der Waals surface area (Å²) in [5.74, 6) is 0.743. The fourth-order valence-corrected chi connectivity index (χ4v) is 3.96. The second kappa shape index (κ2) is 4.39. The van der Waals surface area contributed by atoms with Gasteiger partial charge in [0.15, 0.2) is 0 Å². The lowest BCUT2D eigenvalue weighted by Crippen LogP contribution is -2.38. The van der Waals surface area contributed by atoms with E-state index in [2.05, 4.69) is 28.8 Å². The Balaban J connectivity index is 2.08. The van der Waals surface area contributed by atoms with Crippen molar-refractivity contribution >= 4 is 11.1 Å². The van der Waals surface area contributed by atoms with Crippen LogP contribution >= 0.6 is 11.1 Å². The molecular formula is C10H22N2OS. The molecule has 0 aliphatic carbocycles. The third kappa shape index (κ3) is 2.08. The van der Waals surface area contributed by atoms with Crippen LogP contribution in [0.15, 0.2) is 0 Å². The van der Waals surface area contributed by atoms with Crippen LogP contribution in [0.5, 0.6) is 0 Å². The minimum atomic E-state index is 0.0402. The first kappa shape index (κ1) is 10.7. The predicted molar refractivity (Wildman–Crippen MR) is 63.1 cm³/mol. The lowest BCUT2D eigenvalue weighted by molar-refractivity contribution is 0.120. The van der Waals surface area contributed by atoms with E-state index in [1.165, 1.54) is 13.1 Å². The summed E-state index contributed by atoms with van der Waals surface area (Å²) in [5.41, 5.74) is 0. The molecule has 0 aromatic rings. The molecule has 0 N–H and O–H groups in total. The zero-order valence-corrected chi connectivity index (χ0v) is 10.3. The van der Waals surface area contributed by atoms with Crippen molar-refractivity contribution in [1.29, 1.82) is 0 Å². The average molecular weight is 218 g/mol. The highest BCUT2D eigenvalue weighted by Crippen LogP contribution is 2.33. The SMILES string of the molecule is CN1CC2COCCN([SH](C)C)C2C1. The van der Waals surface area contributed by atoms with E-state index >= 15 is 0 Å². The normalized spacial score (nSPS) is 36.6. The van der Waals surface area contributed by atoms with Crippen molar-refractivity contribution in [2.75, 3.05) is 52.4 Å². The van der Waals surface area contributed by atoms with Gasteiger partial charge in [0.2, 0.25) is 0 Å². The van der Waals surface area contributed by atoms with Crippen LogP contribution in [0.4, 0.5) is 0 Å². The maximum atomic E-state index is 5.68. The minimum absolute atomic E-state index is 0.0402. The van der Waals surface area contributed by atoms with Gasteiger partial charge in [0, 0.05) is 31.6 Å². The molecule has 0 saturated carbocycles. The smallest absolute Gasteiger partial charge is 0.0602 e. The summed E-state index contributed by atoms with van der Waals surface area (Å²) in [7, 11) is 2.22. The van der Waals surface area contributed by atoms with E-state index in [-0.39, 0.29) is 11.1 Å². The maximum Gasteiger partial charge on any atom is 0.0602 e. The van der Waals surface area contributed by atoms with Gasteiger partial charge in [-0.1, -0.05) is 0 Å². The largest absolute Gasteiger partial charge is 0.380 e. The molecule has 0 amide bonds. The Morgan fingerprint density at radius 1 is 1.29 bits per heavy atom.